The Kier molecular flexibility index (Phi) is 4.34. The van der Waals surface area contributed by atoms with Crippen LogP contribution < -0.4 is 0 Å². The van der Waals surface area contributed by atoms with Crippen molar-refractivity contribution in [2.75, 3.05) is 7.11 Å². The highest BCUT2D eigenvalue weighted by molar-refractivity contribution is 7.10. The second-order valence-electron chi connectivity index (χ2n) is 4.09. The average Bonchev–Trinajstić information content (AvgIpc) is 3.03. The summed E-state index contributed by atoms with van der Waals surface area (Å²) in [7, 11) is 1.66. The summed E-state index contributed by atoms with van der Waals surface area (Å²) in [6.07, 6.45) is 3.12. The number of hydrogen-bond donors (Lipinski definition) is 1. The lowest BCUT2D eigenvalue weighted by atomic mass is 10.2. The molecule has 0 aliphatic rings. The molecule has 0 spiro atoms. The largest absolute Gasteiger partial charge is 0.478 e. The molecular weight excluding hydrogens is 266 g/mol. The van der Waals surface area contributed by atoms with E-state index in [0.29, 0.717) is 11.5 Å². The van der Waals surface area contributed by atoms with Gasteiger partial charge in [0.15, 0.2) is 5.76 Å². The molecule has 1 N–H and O–H groups in total. The molecule has 2 aromatic rings. The van der Waals surface area contributed by atoms with E-state index >= 15 is 0 Å². The van der Waals surface area contributed by atoms with E-state index < -0.39 is 5.97 Å². The van der Waals surface area contributed by atoms with E-state index in [4.69, 9.17) is 14.3 Å². The van der Waals surface area contributed by atoms with Crippen molar-refractivity contribution < 1.29 is 19.1 Å². The van der Waals surface area contributed by atoms with E-state index in [-0.39, 0.29) is 11.7 Å². The third-order valence-corrected chi connectivity index (χ3v) is 3.67. The van der Waals surface area contributed by atoms with Crippen LogP contribution in [-0.4, -0.2) is 23.2 Å². The van der Waals surface area contributed by atoms with Crippen molar-refractivity contribution in [2.24, 2.45) is 0 Å². The SMILES string of the molecule is CCCC(OC)c1nc(-c2cc(C(=O)O)co2)cs1. The maximum absolute atomic E-state index is 10.8. The molecule has 1 atom stereocenters. The Morgan fingerprint density at radius 2 is 2.42 bits per heavy atom. The molecule has 0 aliphatic carbocycles. The molecule has 0 saturated carbocycles. The standard InChI is InChI=1S/C13H15NO4S/c1-3-4-10(17-2)12-14-9(7-19-12)11-5-8(6-18-11)13(15)16/h5-7,10H,3-4H2,1-2H3,(H,15,16). The van der Waals surface area contributed by atoms with E-state index in [2.05, 4.69) is 11.9 Å². The van der Waals surface area contributed by atoms with Gasteiger partial charge in [-0.15, -0.1) is 11.3 Å². The van der Waals surface area contributed by atoms with Crippen LogP contribution in [0.5, 0.6) is 0 Å². The highest BCUT2D eigenvalue weighted by atomic mass is 32.1. The minimum Gasteiger partial charge on any atom is -0.478 e. The van der Waals surface area contributed by atoms with Gasteiger partial charge in [0.2, 0.25) is 0 Å². The van der Waals surface area contributed by atoms with Crippen LogP contribution in [0.3, 0.4) is 0 Å². The van der Waals surface area contributed by atoms with Crippen LogP contribution >= 0.6 is 11.3 Å². The lowest BCUT2D eigenvalue weighted by molar-refractivity contribution is 0.0696. The lowest BCUT2D eigenvalue weighted by Gasteiger charge is -2.10. The van der Waals surface area contributed by atoms with Gasteiger partial charge in [0, 0.05) is 18.6 Å². The molecule has 0 amide bonds. The zero-order valence-corrected chi connectivity index (χ0v) is 11.6. The quantitative estimate of drug-likeness (QED) is 0.876. The predicted octanol–water partition coefficient (Wildman–Crippen LogP) is 3.59. The minimum atomic E-state index is -1.01. The number of aromatic carboxylic acids is 1. The van der Waals surface area contributed by atoms with Crippen molar-refractivity contribution in [2.45, 2.75) is 25.9 Å². The number of rotatable bonds is 6. The van der Waals surface area contributed by atoms with Gasteiger partial charge in [0.05, 0.1) is 5.56 Å². The maximum atomic E-state index is 10.8. The minimum absolute atomic E-state index is 0.0161. The molecule has 2 heterocycles. The number of nitrogens with zero attached hydrogens (tertiary/aromatic N) is 1. The Morgan fingerprint density at radius 3 is 3.00 bits per heavy atom. The number of carbonyl (C=O) groups is 1. The van der Waals surface area contributed by atoms with Crippen LogP contribution in [0.15, 0.2) is 22.1 Å². The first-order valence-corrected chi connectivity index (χ1v) is 6.84. The van der Waals surface area contributed by atoms with E-state index in [0.717, 1.165) is 17.8 Å². The van der Waals surface area contributed by atoms with Crippen molar-refractivity contribution in [1.82, 2.24) is 4.98 Å². The van der Waals surface area contributed by atoms with E-state index in [1.807, 2.05) is 5.38 Å². The zero-order chi connectivity index (χ0) is 13.8. The maximum Gasteiger partial charge on any atom is 0.338 e. The first-order valence-electron chi connectivity index (χ1n) is 5.96. The highest BCUT2D eigenvalue weighted by Gasteiger charge is 2.17. The summed E-state index contributed by atoms with van der Waals surface area (Å²) >= 11 is 1.49. The highest BCUT2D eigenvalue weighted by Crippen LogP contribution is 2.30. The first-order chi connectivity index (χ1) is 9.15. The molecule has 0 fully saturated rings. The number of methoxy groups -OCH3 is 1. The Hall–Kier alpha value is -1.66. The average molecular weight is 281 g/mol. The predicted molar refractivity (Wildman–Crippen MR) is 71.4 cm³/mol. The summed E-state index contributed by atoms with van der Waals surface area (Å²) in [4.78, 5) is 15.2. The summed E-state index contributed by atoms with van der Waals surface area (Å²) in [5.41, 5.74) is 0.770. The monoisotopic (exact) mass is 281 g/mol. The normalized spacial score (nSPS) is 12.5. The molecule has 1 unspecified atom stereocenters. The summed E-state index contributed by atoms with van der Waals surface area (Å²) in [6, 6.07) is 1.47. The fourth-order valence-electron chi connectivity index (χ4n) is 1.74. The molecule has 0 saturated heterocycles. The second-order valence-corrected chi connectivity index (χ2v) is 4.98. The van der Waals surface area contributed by atoms with Crippen LogP contribution in [0, 0.1) is 0 Å². The smallest absolute Gasteiger partial charge is 0.338 e. The summed E-state index contributed by atoms with van der Waals surface area (Å²) in [6.45, 7) is 2.09. The van der Waals surface area contributed by atoms with Crippen molar-refractivity contribution >= 4 is 17.3 Å². The molecule has 19 heavy (non-hydrogen) atoms. The number of carboxylic acids is 1. The fraction of sp³-hybridized carbons (Fsp3) is 0.385. The second kappa shape index (κ2) is 5.99. The Morgan fingerprint density at radius 1 is 1.63 bits per heavy atom. The van der Waals surface area contributed by atoms with Gasteiger partial charge in [-0.1, -0.05) is 13.3 Å². The van der Waals surface area contributed by atoms with Crippen LogP contribution in [0.2, 0.25) is 0 Å². The molecule has 0 bridgehead atoms. The van der Waals surface area contributed by atoms with Crippen LogP contribution in [0.4, 0.5) is 0 Å². The molecule has 2 rings (SSSR count). The molecule has 6 heteroatoms. The third kappa shape index (κ3) is 3.02. The van der Waals surface area contributed by atoms with Gasteiger partial charge < -0.3 is 14.3 Å². The Bertz CT molecular complexity index is 560. The molecule has 2 aromatic heterocycles. The Balaban J connectivity index is 2.21. The molecule has 5 nitrogen and oxygen atoms in total. The number of ether oxygens (including phenoxy) is 1. The number of furan rings is 1. The molecule has 0 aliphatic heterocycles. The molecular formula is C13H15NO4S. The van der Waals surface area contributed by atoms with E-state index in [1.54, 1.807) is 7.11 Å². The topological polar surface area (TPSA) is 72.6 Å². The fourth-order valence-corrected chi connectivity index (χ4v) is 2.65. The number of aromatic nitrogens is 1. The van der Waals surface area contributed by atoms with Crippen molar-refractivity contribution in [3.8, 4) is 11.5 Å². The van der Waals surface area contributed by atoms with Gasteiger partial charge in [0.25, 0.3) is 0 Å². The third-order valence-electron chi connectivity index (χ3n) is 2.73. The van der Waals surface area contributed by atoms with Gasteiger partial charge >= 0.3 is 5.97 Å². The molecule has 0 radical (unpaired) electrons. The van der Waals surface area contributed by atoms with Gasteiger partial charge in [-0.2, -0.15) is 0 Å². The van der Waals surface area contributed by atoms with Crippen LogP contribution in [0.1, 0.15) is 41.2 Å². The van der Waals surface area contributed by atoms with Crippen molar-refractivity contribution in [3.05, 3.63) is 28.3 Å². The molecule has 0 aromatic carbocycles. The van der Waals surface area contributed by atoms with Crippen LogP contribution in [0.25, 0.3) is 11.5 Å². The summed E-state index contributed by atoms with van der Waals surface area (Å²) in [5.74, 6) is -0.544. The van der Waals surface area contributed by atoms with Gasteiger partial charge in [-0.25, -0.2) is 9.78 Å². The first kappa shape index (κ1) is 13.8. The lowest BCUT2D eigenvalue weighted by Crippen LogP contribution is -2.00. The number of thiazole rings is 1. The van der Waals surface area contributed by atoms with Gasteiger partial charge in [0.1, 0.15) is 23.1 Å². The van der Waals surface area contributed by atoms with Gasteiger partial charge in [-0.05, 0) is 6.42 Å². The number of carboxylic acid groups (broad SMARTS) is 1. The van der Waals surface area contributed by atoms with E-state index in [9.17, 15) is 4.79 Å². The van der Waals surface area contributed by atoms with Crippen molar-refractivity contribution in [1.29, 1.82) is 0 Å². The van der Waals surface area contributed by atoms with Gasteiger partial charge in [-0.3, -0.25) is 0 Å². The zero-order valence-electron chi connectivity index (χ0n) is 10.8. The van der Waals surface area contributed by atoms with E-state index in [1.165, 1.54) is 23.7 Å². The number of hydrogen-bond acceptors (Lipinski definition) is 5. The molecule has 102 valence electrons. The summed E-state index contributed by atoms with van der Waals surface area (Å²) in [5, 5.41) is 11.6. The van der Waals surface area contributed by atoms with Crippen molar-refractivity contribution in [3.63, 3.8) is 0 Å². The van der Waals surface area contributed by atoms with Crippen LogP contribution in [-0.2, 0) is 4.74 Å². The summed E-state index contributed by atoms with van der Waals surface area (Å²) < 4.78 is 10.6. The Labute approximate surface area is 114 Å².